The van der Waals surface area contributed by atoms with Crippen LogP contribution in [0.1, 0.15) is 28.9 Å². The summed E-state index contributed by atoms with van der Waals surface area (Å²) in [5, 5.41) is 8.79. The molecule has 9 nitrogen and oxygen atoms in total. The SMILES string of the molecule is O=C(Nc1ncc[nH]1)c1cc(-c2nc(NC3CCCNC3)ncc2C(F)(F)F)c[nH]1. The van der Waals surface area contributed by atoms with Gasteiger partial charge in [-0.15, -0.1) is 0 Å². The Balaban J connectivity index is 1.61. The van der Waals surface area contributed by atoms with Crippen molar-refractivity contribution in [2.24, 2.45) is 0 Å². The summed E-state index contributed by atoms with van der Waals surface area (Å²) in [6.45, 7) is 1.59. The number of imidazole rings is 1. The lowest BCUT2D eigenvalue weighted by Gasteiger charge is -2.24. The number of aromatic amines is 2. The summed E-state index contributed by atoms with van der Waals surface area (Å²) in [6.07, 6.45) is 2.24. The van der Waals surface area contributed by atoms with Gasteiger partial charge in [0.1, 0.15) is 11.3 Å². The van der Waals surface area contributed by atoms with Crippen LogP contribution in [0, 0.1) is 0 Å². The van der Waals surface area contributed by atoms with Gasteiger partial charge >= 0.3 is 6.18 Å². The predicted octanol–water partition coefficient (Wildman–Crippen LogP) is 2.63. The molecule has 30 heavy (non-hydrogen) atoms. The fourth-order valence-corrected chi connectivity index (χ4v) is 3.21. The third kappa shape index (κ3) is 4.43. The van der Waals surface area contributed by atoms with Gasteiger partial charge in [0.15, 0.2) is 0 Å². The number of carbonyl (C=O) groups excluding carboxylic acids is 1. The first-order chi connectivity index (χ1) is 14.4. The summed E-state index contributed by atoms with van der Waals surface area (Å²) in [7, 11) is 0. The number of aromatic nitrogens is 5. The summed E-state index contributed by atoms with van der Waals surface area (Å²) >= 11 is 0. The number of nitrogens with zero attached hydrogens (tertiary/aromatic N) is 3. The van der Waals surface area contributed by atoms with Crippen LogP contribution in [0.3, 0.4) is 0 Å². The van der Waals surface area contributed by atoms with E-state index in [-0.39, 0.29) is 34.9 Å². The van der Waals surface area contributed by atoms with Gasteiger partial charge in [0, 0.05) is 42.9 Å². The van der Waals surface area contributed by atoms with Crippen molar-refractivity contribution >= 4 is 17.8 Å². The van der Waals surface area contributed by atoms with Crippen molar-refractivity contribution in [1.29, 1.82) is 0 Å². The third-order valence-corrected chi connectivity index (χ3v) is 4.66. The van der Waals surface area contributed by atoms with Gasteiger partial charge in [-0.05, 0) is 25.5 Å². The highest BCUT2D eigenvalue weighted by molar-refractivity contribution is 6.02. The third-order valence-electron chi connectivity index (χ3n) is 4.66. The number of piperidine rings is 1. The van der Waals surface area contributed by atoms with Crippen molar-refractivity contribution in [1.82, 2.24) is 30.2 Å². The molecular weight excluding hydrogens is 401 g/mol. The van der Waals surface area contributed by atoms with Gasteiger partial charge in [0.2, 0.25) is 11.9 Å². The van der Waals surface area contributed by atoms with Crippen molar-refractivity contribution in [3.63, 3.8) is 0 Å². The number of halogens is 3. The number of hydrogen-bond acceptors (Lipinski definition) is 6. The Hall–Kier alpha value is -3.41. The van der Waals surface area contributed by atoms with Crippen LogP contribution in [-0.2, 0) is 6.18 Å². The normalized spacial score (nSPS) is 17.0. The van der Waals surface area contributed by atoms with Gasteiger partial charge in [-0.1, -0.05) is 0 Å². The van der Waals surface area contributed by atoms with Crippen LogP contribution < -0.4 is 16.0 Å². The van der Waals surface area contributed by atoms with Crippen LogP contribution in [-0.4, -0.2) is 50.0 Å². The zero-order valence-electron chi connectivity index (χ0n) is 15.7. The van der Waals surface area contributed by atoms with E-state index < -0.39 is 17.6 Å². The van der Waals surface area contributed by atoms with E-state index in [0.29, 0.717) is 6.54 Å². The first kappa shape index (κ1) is 19.9. The molecule has 1 unspecified atom stereocenters. The molecule has 0 saturated carbocycles. The molecule has 1 atom stereocenters. The Morgan fingerprint density at radius 3 is 2.80 bits per heavy atom. The monoisotopic (exact) mass is 420 g/mol. The smallest absolute Gasteiger partial charge is 0.357 e. The Bertz CT molecular complexity index is 1010. The predicted molar refractivity (Wildman–Crippen MR) is 103 cm³/mol. The van der Waals surface area contributed by atoms with Crippen molar-refractivity contribution in [2.75, 3.05) is 23.7 Å². The van der Waals surface area contributed by atoms with Crippen molar-refractivity contribution < 1.29 is 18.0 Å². The second-order valence-corrected chi connectivity index (χ2v) is 6.84. The van der Waals surface area contributed by atoms with Crippen molar-refractivity contribution in [3.8, 4) is 11.3 Å². The van der Waals surface area contributed by atoms with Gasteiger partial charge in [0.05, 0.1) is 5.69 Å². The molecule has 12 heteroatoms. The largest absolute Gasteiger partial charge is 0.419 e. The summed E-state index contributed by atoms with van der Waals surface area (Å²) in [4.78, 5) is 29.5. The molecule has 4 heterocycles. The molecule has 158 valence electrons. The average molecular weight is 420 g/mol. The van der Waals surface area contributed by atoms with E-state index in [1.54, 1.807) is 0 Å². The summed E-state index contributed by atoms with van der Waals surface area (Å²) < 4.78 is 40.6. The number of rotatable bonds is 5. The van der Waals surface area contributed by atoms with E-state index in [2.05, 4.69) is 40.9 Å². The number of H-pyrrole nitrogens is 2. The molecule has 1 amide bonds. The average Bonchev–Trinajstić information content (AvgIpc) is 3.40. The highest BCUT2D eigenvalue weighted by Gasteiger charge is 2.36. The van der Waals surface area contributed by atoms with E-state index in [9.17, 15) is 18.0 Å². The lowest BCUT2D eigenvalue weighted by molar-refractivity contribution is -0.137. The molecule has 1 aliphatic heterocycles. The lowest BCUT2D eigenvalue weighted by atomic mass is 10.1. The topological polar surface area (TPSA) is 123 Å². The molecule has 3 aromatic rings. The quantitative estimate of drug-likeness (QED) is 0.432. The minimum atomic E-state index is -4.64. The van der Waals surface area contributed by atoms with Gasteiger partial charge in [-0.2, -0.15) is 13.2 Å². The number of nitrogens with one attached hydrogen (secondary N) is 5. The van der Waals surface area contributed by atoms with Crippen molar-refractivity contribution in [3.05, 3.63) is 42.1 Å². The summed E-state index contributed by atoms with van der Waals surface area (Å²) in [5.41, 5.74) is -1.10. The molecule has 4 rings (SSSR count). The van der Waals surface area contributed by atoms with Crippen LogP contribution in [0.5, 0.6) is 0 Å². The maximum absolute atomic E-state index is 13.5. The van der Waals surface area contributed by atoms with E-state index in [4.69, 9.17) is 0 Å². The molecule has 1 aliphatic rings. The molecular formula is C18H19F3N8O. The Morgan fingerprint density at radius 2 is 2.10 bits per heavy atom. The van der Waals surface area contributed by atoms with Gasteiger partial charge in [0.25, 0.3) is 5.91 Å². The molecule has 5 N–H and O–H groups in total. The minimum absolute atomic E-state index is 0.0317. The maximum atomic E-state index is 13.5. The van der Waals surface area contributed by atoms with Crippen LogP contribution in [0.25, 0.3) is 11.3 Å². The van der Waals surface area contributed by atoms with Crippen LogP contribution in [0.4, 0.5) is 25.1 Å². The summed E-state index contributed by atoms with van der Waals surface area (Å²) in [6, 6.07) is 1.34. The van der Waals surface area contributed by atoms with E-state index in [1.807, 2.05) is 0 Å². The number of anilines is 2. The Morgan fingerprint density at radius 1 is 1.23 bits per heavy atom. The molecule has 3 aromatic heterocycles. The van der Waals surface area contributed by atoms with Gasteiger partial charge < -0.3 is 20.6 Å². The van der Waals surface area contributed by atoms with Crippen LogP contribution >= 0.6 is 0 Å². The second kappa shape index (κ2) is 8.14. The molecule has 0 aromatic carbocycles. The van der Waals surface area contributed by atoms with Crippen LogP contribution in [0.2, 0.25) is 0 Å². The molecule has 0 radical (unpaired) electrons. The molecule has 0 bridgehead atoms. The molecule has 1 saturated heterocycles. The maximum Gasteiger partial charge on any atom is 0.419 e. The number of hydrogen-bond donors (Lipinski definition) is 5. The first-order valence-corrected chi connectivity index (χ1v) is 9.31. The molecule has 1 fully saturated rings. The highest BCUT2D eigenvalue weighted by atomic mass is 19.4. The fraction of sp³-hybridized carbons (Fsp3) is 0.333. The van der Waals surface area contributed by atoms with Gasteiger partial charge in [-0.25, -0.2) is 15.0 Å². The second-order valence-electron chi connectivity index (χ2n) is 6.84. The zero-order chi connectivity index (χ0) is 21.1. The Labute approximate surface area is 168 Å². The van der Waals surface area contributed by atoms with Crippen molar-refractivity contribution in [2.45, 2.75) is 25.1 Å². The van der Waals surface area contributed by atoms with E-state index >= 15 is 0 Å². The fourth-order valence-electron chi connectivity index (χ4n) is 3.21. The number of amides is 1. The number of carbonyl (C=O) groups is 1. The van der Waals surface area contributed by atoms with E-state index in [0.717, 1.165) is 25.6 Å². The molecule has 0 spiro atoms. The first-order valence-electron chi connectivity index (χ1n) is 9.31. The van der Waals surface area contributed by atoms with Crippen LogP contribution in [0.15, 0.2) is 30.9 Å². The van der Waals surface area contributed by atoms with E-state index in [1.165, 1.54) is 24.7 Å². The zero-order valence-corrected chi connectivity index (χ0v) is 15.7. The minimum Gasteiger partial charge on any atom is -0.357 e. The standard InChI is InChI=1S/C18H19F3N8O/c19-18(20,21)12-9-26-17(27-11-2-1-3-22-8-11)28-14(12)10-6-13(25-7-10)15(30)29-16-23-4-5-24-16/h4-7,9,11,22,25H,1-3,8H2,(H,26,27,28)(H2,23,24,29,30). The molecule has 0 aliphatic carbocycles. The Kier molecular flexibility index (Phi) is 5.40. The number of alkyl halides is 3. The summed E-state index contributed by atoms with van der Waals surface area (Å²) in [5.74, 6) is -0.221. The highest BCUT2D eigenvalue weighted by Crippen LogP contribution is 2.36. The van der Waals surface area contributed by atoms with Gasteiger partial charge in [-0.3, -0.25) is 10.1 Å². The lowest BCUT2D eigenvalue weighted by Crippen LogP contribution is -2.38.